The van der Waals surface area contributed by atoms with Gasteiger partial charge in [-0.25, -0.2) is 17.5 Å². The molecule has 16 nitrogen and oxygen atoms in total. The van der Waals surface area contributed by atoms with Crippen molar-refractivity contribution in [3.8, 4) is 11.9 Å². The number of carbonyl (C=O) groups excluding carboxylic acids is 1. The van der Waals surface area contributed by atoms with E-state index in [9.17, 15) is 28.6 Å². The fourth-order valence-electron chi connectivity index (χ4n) is 9.52. The number of nitriles is 1. The van der Waals surface area contributed by atoms with Crippen LogP contribution in [0.3, 0.4) is 0 Å². The average molecular weight is 967 g/mol. The number of benzene rings is 3. The number of pyridine rings is 1. The second-order valence-electron chi connectivity index (χ2n) is 18.9. The van der Waals surface area contributed by atoms with Crippen LogP contribution in [0.15, 0.2) is 89.5 Å². The van der Waals surface area contributed by atoms with Gasteiger partial charge < -0.3 is 29.6 Å². The van der Waals surface area contributed by atoms with Gasteiger partial charge in [-0.3, -0.25) is 19.8 Å². The summed E-state index contributed by atoms with van der Waals surface area (Å²) >= 11 is 6.27. The number of aromatic nitrogens is 2. The smallest absolute Gasteiger partial charge is 0.293 e. The lowest BCUT2D eigenvalue weighted by Gasteiger charge is -2.39. The Balaban J connectivity index is 1.01. The summed E-state index contributed by atoms with van der Waals surface area (Å²) < 4.78 is 56.8. The molecule has 3 aromatic carbocycles. The number of hydrogen-bond donors (Lipinski definition) is 3. The number of aromatic amines is 1. The van der Waals surface area contributed by atoms with Crippen molar-refractivity contribution in [2.45, 2.75) is 56.5 Å². The molecule has 0 unspecified atom stereocenters. The Kier molecular flexibility index (Phi) is 13.1. The van der Waals surface area contributed by atoms with Crippen LogP contribution in [0, 0.1) is 32.8 Å². The van der Waals surface area contributed by atoms with Gasteiger partial charge in [0.1, 0.15) is 29.3 Å². The summed E-state index contributed by atoms with van der Waals surface area (Å²) in [7, 11) is -4.72. The van der Waals surface area contributed by atoms with E-state index < -0.39 is 43.0 Å². The summed E-state index contributed by atoms with van der Waals surface area (Å²) in [6, 6.07) is 22.4. The second kappa shape index (κ2) is 19.0. The van der Waals surface area contributed by atoms with Crippen LogP contribution in [0.5, 0.6) is 5.88 Å². The van der Waals surface area contributed by atoms with Crippen LogP contribution in [0.25, 0.3) is 16.6 Å². The largest absolute Gasteiger partial charge is 0.475 e. The lowest BCUT2D eigenvalue weighted by atomic mass is 9.72. The monoisotopic (exact) mass is 965 g/mol. The van der Waals surface area contributed by atoms with Gasteiger partial charge in [0.25, 0.3) is 21.6 Å². The fourth-order valence-corrected chi connectivity index (χ4v) is 10.6. The van der Waals surface area contributed by atoms with Crippen molar-refractivity contribution in [2.75, 3.05) is 80.8 Å². The van der Waals surface area contributed by atoms with Crippen molar-refractivity contribution in [3.05, 3.63) is 111 Å². The minimum Gasteiger partial charge on any atom is -0.475 e. The second-order valence-corrected chi connectivity index (χ2v) is 21.0. The number of piperazine rings is 1. The minimum absolute atomic E-state index is 0.0226. The van der Waals surface area contributed by atoms with E-state index in [1.54, 1.807) is 23.2 Å². The number of rotatable bonds is 12. The topological polar surface area (TPSA) is 199 Å². The SMILES string of the molecule is CC1(C)CCC(CN2CCN(c3ccc(C(=O)NS(=O)(=O)c4ccc(NCC5(F)CCOCC5)c([N+](=O)[O-])c4)c(N4C[C@H](C#N)COc5nc6[nH]ccc6cc54)c3)CC2)=C(c2ccc(Cl)cc2)C1. The van der Waals surface area contributed by atoms with Gasteiger partial charge in [-0.05, 0) is 90.4 Å². The Hall–Kier alpha value is -6.26. The molecule has 3 N–H and O–H groups in total. The Bertz CT molecular complexity index is 2930. The number of H-pyrrole nitrogens is 1. The number of halogens is 2. The first kappa shape index (κ1) is 46.8. The van der Waals surface area contributed by atoms with Crippen LogP contribution in [0.2, 0.25) is 5.02 Å². The van der Waals surface area contributed by atoms with Crippen LogP contribution in [0.1, 0.15) is 61.9 Å². The van der Waals surface area contributed by atoms with E-state index in [2.05, 4.69) is 56.9 Å². The molecule has 1 atom stereocenters. The van der Waals surface area contributed by atoms with E-state index >= 15 is 4.39 Å². The summed E-state index contributed by atoms with van der Waals surface area (Å²) in [5.41, 5.74) is 3.99. The molecule has 2 fully saturated rings. The van der Waals surface area contributed by atoms with Crippen molar-refractivity contribution in [1.29, 1.82) is 5.26 Å². The molecule has 19 heteroatoms. The van der Waals surface area contributed by atoms with E-state index in [1.807, 2.05) is 30.3 Å². The van der Waals surface area contributed by atoms with E-state index in [1.165, 1.54) is 22.8 Å². The standard InChI is InChI=1S/C49H53ClFN9O7S/c1-48(2)13-11-35(40(26-48)33-3-5-36(50)6-4-33)29-57-17-19-58(20-18-57)37-7-9-39(42(24-37)59-28-32(27-52)30-67-47-44(59)23-34-12-16-53-45(34)55-47)46(61)56-68(64,65)38-8-10-41(43(25-38)60(62)63)54-31-49(51)14-21-66-22-15-49/h3-10,12,16,23-25,32,54H,11,13-15,17-22,26,28-31H2,1-2H3,(H,53,55)(H,56,61)/t32-/m0/s1. The third-order valence-electron chi connectivity index (χ3n) is 13.5. The van der Waals surface area contributed by atoms with Gasteiger partial charge in [0, 0.05) is 100 Å². The van der Waals surface area contributed by atoms with Crippen molar-refractivity contribution in [2.24, 2.45) is 11.3 Å². The predicted molar refractivity (Wildman–Crippen MR) is 259 cm³/mol. The highest BCUT2D eigenvalue weighted by Gasteiger charge is 2.35. The highest BCUT2D eigenvalue weighted by Crippen LogP contribution is 2.44. The van der Waals surface area contributed by atoms with Gasteiger partial charge in [-0.15, -0.1) is 0 Å². The van der Waals surface area contributed by atoms with E-state index in [-0.39, 0.29) is 68.3 Å². The summed E-state index contributed by atoms with van der Waals surface area (Å²) in [4.78, 5) is 39.6. The number of nitrogens with one attached hydrogen (secondary N) is 3. The summed E-state index contributed by atoms with van der Waals surface area (Å²) in [5, 5.41) is 26.7. The van der Waals surface area contributed by atoms with Crippen molar-refractivity contribution >= 4 is 72.6 Å². The molecule has 9 rings (SSSR count). The number of fused-ring (bicyclic) bond motifs is 2. The molecule has 356 valence electrons. The summed E-state index contributed by atoms with van der Waals surface area (Å²) in [5.74, 6) is -1.44. The Morgan fingerprint density at radius 2 is 1.79 bits per heavy atom. The molecule has 68 heavy (non-hydrogen) atoms. The number of ether oxygens (including phenoxy) is 2. The fraction of sp³-hybridized carbons (Fsp3) is 0.408. The number of alkyl halides is 1. The number of anilines is 4. The molecule has 0 saturated carbocycles. The molecule has 5 heterocycles. The average Bonchev–Trinajstić information content (AvgIpc) is 3.71. The maximum Gasteiger partial charge on any atom is 0.293 e. The van der Waals surface area contributed by atoms with Gasteiger partial charge in [0.2, 0.25) is 5.88 Å². The van der Waals surface area contributed by atoms with Crippen molar-refractivity contribution in [3.63, 3.8) is 0 Å². The molecule has 2 saturated heterocycles. The first-order valence-electron chi connectivity index (χ1n) is 22.8. The van der Waals surface area contributed by atoms with Crippen LogP contribution in [-0.4, -0.2) is 105 Å². The molecule has 0 bridgehead atoms. The first-order valence-corrected chi connectivity index (χ1v) is 24.7. The van der Waals surface area contributed by atoms with Crippen molar-refractivity contribution < 1.29 is 32.0 Å². The lowest BCUT2D eigenvalue weighted by Crippen LogP contribution is -2.47. The normalized spacial score (nSPS) is 19.7. The molecule has 4 aliphatic rings. The van der Waals surface area contributed by atoms with E-state index in [0.717, 1.165) is 62.1 Å². The van der Waals surface area contributed by atoms with Crippen LogP contribution in [0.4, 0.5) is 32.8 Å². The molecule has 3 aliphatic heterocycles. The van der Waals surface area contributed by atoms with Crippen LogP contribution >= 0.6 is 11.6 Å². The Morgan fingerprint density at radius 1 is 1.03 bits per heavy atom. The lowest BCUT2D eigenvalue weighted by molar-refractivity contribution is -0.384. The number of nitro benzene ring substituents is 1. The minimum atomic E-state index is -4.72. The number of amides is 1. The number of nitrogens with zero attached hydrogens (tertiary/aromatic N) is 6. The third kappa shape index (κ3) is 10.1. The quantitative estimate of drug-likeness (QED) is 0.0794. The molecule has 1 amide bonds. The van der Waals surface area contributed by atoms with Gasteiger partial charge in [-0.1, -0.05) is 43.2 Å². The predicted octanol–water partition coefficient (Wildman–Crippen LogP) is 8.63. The van der Waals surface area contributed by atoms with E-state index in [4.69, 9.17) is 26.1 Å². The molecule has 2 aromatic heterocycles. The van der Waals surface area contributed by atoms with E-state index in [0.29, 0.717) is 35.1 Å². The zero-order valence-electron chi connectivity index (χ0n) is 37.9. The molecule has 0 radical (unpaired) electrons. The first-order chi connectivity index (χ1) is 32.6. The Labute approximate surface area is 399 Å². The zero-order chi connectivity index (χ0) is 47.8. The molecular formula is C49H53ClFN9O7S. The number of carbonyl (C=O) groups is 1. The number of allylic oxidation sites excluding steroid dienone is 1. The van der Waals surface area contributed by atoms with Crippen molar-refractivity contribution in [1.82, 2.24) is 19.6 Å². The van der Waals surface area contributed by atoms with Gasteiger partial charge >= 0.3 is 0 Å². The molecule has 0 spiro atoms. The van der Waals surface area contributed by atoms with Gasteiger partial charge in [0.15, 0.2) is 0 Å². The molecular weight excluding hydrogens is 913 g/mol. The van der Waals surface area contributed by atoms with Gasteiger partial charge in [0.05, 0.1) is 33.1 Å². The highest BCUT2D eigenvalue weighted by molar-refractivity contribution is 7.90. The summed E-state index contributed by atoms with van der Waals surface area (Å²) in [6.07, 6.45) is 5.06. The highest BCUT2D eigenvalue weighted by atomic mass is 35.5. The molecule has 1 aliphatic carbocycles. The molecule has 5 aromatic rings. The zero-order valence-corrected chi connectivity index (χ0v) is 39.5. The van der Waals surface area contributed by atoms with Gasteiger partial charge in [-0.2, -0.15) is 10.2 Å². The van der Waals surface area contributed by atoms with Crippen LogP contribution in [-0.2, 0) is 14.8 Å². The summed E-state index contributed by atoms with van der Waals surface area (Å²) in [6.45, 7) is 8.67. The maximum atomic E-state index is 15.4. The third-order valence-corrected chi connectivity index (χ3v) is 15.1. The number of sulfonamides is 1. The number of hydrogen-bond acceptors (Lipinski definition) is 13. The Morgan fingerprint density at radius 3 is 2.53 bits per heavy atom. The van der Waals surface area contributed by atoms with Crippen LogP contribution < -0.4 is 24.6 Å². The maximum absolute atomic E-state index is 15.4. The number of nitro groups is 1.